The maximum atomic E-state index is 13.0. The van der Waals surface area contributed by atoms with E-state index in [1.807, 2.05) is 39.0 Å². The summed E-state index contributed by atoms with van der Waals surface area (Å²) in [5.74, 6) is 0.271. The highest BCUT2D eigenvalue weighted by atomic mass is 16.5. The summed E-state index contributed by atoms with van der Waals surface area (Å²) in [6.07, 6.45) is 1.66. The van der Waals surface area contributed by atoms with Crippen LogP contribution in [0.2, 0.25) is 0 Å². The summed E-state index contributed by atoms with van der Waals surface area (Å²) in [6, 6.07) is 14.3. The molecule has 184 valence electrons. The van der Waals surface area contributed by atoms with Crippen LogP contribution in [0, 0.1) is 0 Å². The first-order valence-corrected chi connectivity index (χ1v) is 12.2. The molecule has 0 bridgehead atoms. The van der Waals surface area contributed by atoms with Gasteiger partial charge < -0.3 is 20.1 Å². The molecule has 2 unspecified atom stereocenters. The lowest BCUT2D eigenvalue weighted by Gasteiger charge is -2.31. The largest absolute Gasteiger partial charge is 0.494 e. The third kappa shape index (κ3) is 4.37. The Balaban J connectivity index is 0.00000141. The lowest BCUT2D eigenvalue weighted by Crippen LogP contribution is -2.43. The maximum absolute atomic E-state index is 13.0. The van der Waals surface area contributed by atoms with Crippen molar-refractivity contribution in [3.8, 4) is 17.3 Å². The lowest BCUT2D eigenvalue weighted by atomic mass is 9.90. The van der Waals surface area contributed by atoms with E-state index < -0.39 is 17.3 Å². The molecule has 0 aliphatic carbocycles. The van der Waals surface area contributed by atoms with Gasteiger partial charge in [-0.1, -0.05) is 39.0 Å². The number of hydrogen-bond donors (Lipinski definition) is 4. The van der Waals surface area contributed by atoms with E-state index in [-0.39, 0.29) is 17.5 Å². The topological polar surface area (TPSA) is 112 Å². The Morgan fingerprint density at radius 1 is 1.03 bits per heavy atom. The van der Waals surface area contributed by atoms with Gasteiger partial charge in [0.2, 0.25) is 5.88 Å². The van der Waals surface area contributed by atoms with Crippen molar-refractivity contribution in [2.75, 3.05) is 6.61 Å². The van der Waals surface area contributed by atoms with Crippen molar-refractivity contribution in [1.82, 2.24) is 19.9 Å². The number of nitrogens with zero attached hydrogens (tertiary/aromatic N) is 1. The second-order valence-corrected chi connectivity index (χ2v) is 8.23. The number of aromatic nitrogens is 3. The van der Waals surface area contributed by atoms with Crippen LogP contribution in [0.3, 0.4) is 0 Å². The van der Waals surface area contributed by atoms with Crippen molar-refractivity contribution in [3.05, 3.63) is 86.2 Å². The molecule has 0 saturated carbocycles. The van der Waals surface area contributed by atoms with Crippen LogP contribution in [0.5, 0.6) is 11.6 Å². The summed E-state index contributed by atoms with van der Waals surface area (Å²) in [7, 11) is 0. The number of aromatic hydroxyl groups is 1. The van der Waals surface area contributed by atoms with E-state index in [4.69, 9.17) is 4.74 Å². The van der Waals surface area contributed by atoms with Crippen LogP contribution in [-0.2, 0) is 6.42 Å². The van der Waals surface area contributed by atoms with Crippen molar-refractivity contribution < 1.29 is 9.84 Å². The molecule has 1 aliphatic heterocycles. The van der Waals surface area contributed by atoms with E-state index in [1.54, 1.807) is 24.3 Å². The minimum absolute atomic E-state index is 0.106. The minimum atomic E-state index is -0.704. The molecule has 0 amide bonds. The van der Waals surface area contributed by atoms with Crippen LogP contribution in [0.15, 0.2) is 58.1 Å². The highest BCUT2D eigenvalue weighted by molar-refractivity contribution is 5.85. The summed E-state index contributed by atoms with van der Waals surface area (Å²) >= 11 is 0. The molecule has 1 aliphatic rings. The van der Waals surface area contributed by atoms with Crippen molar-refractivity contribution in [3.63, 3.8) is 0 Å². The normalized spacial score (nSPS) is 16.9. The molecule has 0 saturated heterocycles. The molecule has 8 heteroatoms. The maximum Gasteiger partial charge on any atom is 0.335 e. The SMILES string of the molecule is CC.CCOc1ccc(-n2c(O)c(C3NC(CC)Cc4c3[nH]c3ccccc43)c(=O)[nH]c2=O)cc1. The fourth-order valence-corrected chi connectivity index (χ4v) is 4.70. The average molecular weight is 477 g/mol. The van der Waals surface area contributed by atoms with Gasteiger partial charge in [-0.2, -0.15) is 0 Å². The number of aromatic amines is 2. The summed E-state index contributed by atoms with van der Waals surface area (Å²) in [6.45, 7) is 8.49. The van der Waals surface area contributed by atoms with Gasteiger partial charge in [-0.15, -0.1) is 0 Å². The molecule has 8 nitrogen and oxygen atoms in total. The molecule has 2 aromatic heterocycles. The molecule has 0 radical (unpaired) electrons. The van der Waals surface area contributed by atoms with E-state index in [1.165, 1.54) is 0 Å². The zero-order chi connectivity index (χ0) is 25.1. The predicted molar refractivity (Wildman–Crippen MR) is 138 cm³/mol. The summed E-state index contributed by atoms with van der Waals surface area (Å²) in [4.78, 5) is 31.5. The van der Waals surface area contributed by atoms with Crippen molar-refractivity contribution in [1.29, 1.82) is 0 Å². The van der Waals surface area contributed by atoms with Gasteiger partial charge in [-0.25, -0.2) is 9.36 Å². The molecule has 0 spiro atoms. The molecule has 2 aromatic carbocycles. The van der Waals surface area contributed by atoms with Gasteiger partial charge >= 0.3 is 5.69 Å². The van der Waals surface area contributed by atoms with Crippen LogP contribution >= 0.6 is 0 Å². The van der Waals surface area contributed by atoms with Crippen LogP contribution in [0.25, 0.3) is 16.6 Å². The number of rotatable bonds is 5. The lowest BCUT2D eigenvalue weighted by molar-refractivity contribution is 0.340. The number of H-pyrrole nitrogens is 2. The first-order chi connectivity index (χ1) is 17.0. The molecular weight excluding hydrogens is 444 g/mol. The Bertz CT molecular complexity index is 1430. The molecule has 4 aromatic rings. The van der Waals surface area contributed by atoms with Crippen LogP contribution in [-0.4, -0.2) is 32.3 Å². The average Bonchev–Trinajstić information content (AvgIpc) is 3.25. The van der Waals surface area contributed by atoms with Crippen molar-refractivity contribution in [2.45, 2.75) is 52.6 Å². The second kappa shape index (κ2) is 10.2. The van der Waals surface area contributed by atoms with Crippen LogP contribution in [0.1, 0.15) is 57.0 Å². The Kier molecular flexibility index (Phi) is 7.12. The monoisotopic (exact) mass is 476 g/mol. The standard InChI is InChI=1S/C25H26N4O4.C2H6/c1-3-14-13-18-17-7-5-6-8-19(17)27-21(18)22(26-14)20-23(30)28-25(32)29(24(20)31)15-9-11-16(12-10-15)33-4-2;1-2/h5-12,14,22,26-27,31H,3-4,13H2,1-2H3,(H,28,30,32);1-2H3. The van der Waals surface area contributed by atoms with Gasteiger partial charge in [0.1, 0.15) is 11.3 Å². The fraction of sp³-hybridized carbons (Fsp3) is 0.333. The van der Waals surface area contributed by atoms with Gasteiger partial charge in [0.05, 0.1) is 18.3 Å². The van der Waals surface area contributed by atoms with E-state index in [2.05, 4.69) is 28.3 Å². The van der Waals surface area contributed by atoms with E-state index >= 15 is 0 Å². The predicted octanol–water partition coefficient (Wildman–Crippen LogP) is 4.15. The molecule has 35 heavy (non-hydrogen) atoms. The van der Waals surface area contributed by atoms with Gasteiger partial charge in [0.15, 0.2) is 0 Å². The smallest absolute Gasteiger partial charge is 0.335 e. The summed E-state index contributed by atoms with van der Waals surface area (Å²) in [5, 5.41) is 15.8. The van der Waals surface area contributed by atoms with E-state index in [9.17, 15) is 14.7 Å². The third-order valence-electron chi connectivity index (χ3n) is 6.30. The van der Waals surface area contributed by atoms with E-state index in [0.29, 0.717) is 18.0 Å². The second-order valence-electron chi connectivity index (χ2n) is 8.23. The molecule has 3 heterocycles. The highest BCUT2D eigenvalue weighted by Gasteiger charge is 2.34. The van der Waals surface area contributed by atoms with Crippen LogP contribution < -0.4 is 21.3 Å². The van der Waals surface area contributed by atoms with Crippen molar-refractivity contribution in [2.24, 2.45) is 0 Å². The Morgan fingerprint density at radius 3 is 2.43 bits per heavy atom. The van der Waals surface area contributed by atoms with Gasteiger partial charge in [-0.3, -0.25) is 9.78 Å². The zero-order valence-electron chi connectivity index (χ0n) is 20.5. The number of para-hydroxylation sites is 1. The number of benzene rings is 2. The summed E-state index contributed by atoms with van der Waals surface area (Å²) in [5.41, 5.74) is 2.15. The summed E-state index contributed by atoms with van der Waals surface area (Å²) < 4.78 is 6.58. The number of nitrogens with one attached hydrogen (secondary N) is 3. The number of ether oxygens (including phenoxy) is 1. The third-order valence-corrected chi connectivity index (χ3v) is 6.30. The first-order valence-electron chi connectivity index (χ1n) is 12.2. The Morgan fingerprint density at radius 2 is 1.74 bits per heavy atom. The zero-order valence-corrected chi connectivity index (χ0v) is 20.5. The quantitative estimate of drug-likeness (QED) is 0.346. The van der Waals surface area contributed by atoms with Crippen molar-refractivity contribution >= 4 is 10.9 Å². The molecule has 5 rings (SSSR count). The van der Waals surface area contributed by atoms with E-state index in [0.717, 1.165) is 39.6 Å². The highest BCUT2D eigenvalue weighted by Crippen LogP contribution is 2.37. The molecule has 2 atom stereocenters. The molecule has 0 fully saturated rings. The fourth-order valence-electron chi connectivity index (χ4n) is 4.70. The minimum Gasteiger partial charge on any atom is -0.494 e. The molecule has 4 N–H and O–H groups in total. The van der Waals surface area contributed by atoms with Crippen LogP contribution in [0.4, 0.5) is 0 Å². The molecular formula is C27H32N4O4. The number of hydrogen-bond acceptors (Lipinski definition) is 5. The number of fused-ring (bicyclic) bond motifs is 3. The van der Waals surface area contributed by atoms with Gasteiger partial charge in [0, 0.05) is 22.6 Å². The Labute approximate surface area is 203 Å². The van der Waals surface area contributed by atoms with Gasteiger partial charge in [-0.05, 0) is 55.7 Å². The first kappa shape index (κ1) is 24.3. The van der Waals surface area contributed by atoms with Gasteiger partial charge in [0.25, 0.3) is 5.56 Å². The Hall–Kier alpha value is -3.78.